The van der Waals surface area contributed by atoms with E-state index in [9.17, 15) is 4.79 Å². The Kier molecular flexibility index (Phi) is 4.67. The molecule has 1 heterocycles. The summed E-state index contributed by atoms with van der Waals surface area (Å²) in [6.07, 6.45) is 1.83. The number of fused-ring (bicyclic) bond motifs is 1. The van der Waals surface area contributed by atoms with Gasteiger partial charge in [-0.2, -0.15) is 0 Å². The lowest BCUT2D eigenvalue weighted by molar-refractivity contribution is 0.261. The van der Waals surface area contributed by atoms with Crippen molar-refractivity contribution in [3.63, 3.8) is 0 Å². The van der Waals surface area contributed by atoms with Crippen LogP contribution in [0.2, 0.25) is 0 Å². The van der Waals surface area contributed by atoms with E-state index < -0.39 is 0 Å². The van der Waals surface area contributed by atoms with Crippen molar-refractivity contribution in [2.45, 2.75) is 6.92 Å². The summed E-state index contributed by atoms with van der Waals surface area (Å²) in [4.78, 5) is 15.0. The highest BCUT2D eigenvalue weighted by Gasteiger charge is 2.08. The molecule has 0 amide bonds. The minimum Gasteiger partial charge on any atom is -0.492 e. The van der Waals surface area contributed by atoms with Gasteiger partial charge in [0.05, 0.1) is 11.1 Å². The van der Waals surface area contributed by atoms with Crippen molar-refractivity contribution < 1.29 is 4.74 Å². The summed E-state index contributed by atoms with van der Waals surface area (Å²) >= 11 is 0. The molecular formula is C20H22N2O2. The molecule has 3 rings (SSSR count). The van der Waals surface area contributed by atoms with Gasteiger partial charge in [0.15, 0.2) is 0 Å². The Morgan fingerprint density at radius 1 is 1.08 bits per heavy atom. The maximum atomic E-state index is 12.9. The predicted molar refractivity (Wildman–Crippen MR) is 98.3 cm³/mol. The van der Waals surface area contributed by atoms with Crippen LogP contribution in [0.4, 0.5) is 0 Å². The van der Waals surface area contributed by atoms with Crippen LogP contribution >= 0.6 is 0 Å². The molecule has 0 radical (unpaired) electrons. The molecule has 0 spiro atoms. The van der Waals surface area contributed by atoms with Crippen LogP contribution in [0.5, 0.6) is 5.75 Å². The number of aryl methyl sites for hydroxylation is 1. The Bertz CT molecular complexity index is 913. The van der Waals surface area contributed by atoms with Gasteiger partial charge in [-0.15, -0.1) is 0 Å². The largest absolute Gasteiger partial charge is 0.492 e. The summed E-state index contributed by atoms with van der Waals surface area (Å²) in [7, 11) is 4.01. The quantitative estimate of drug-likeness (QED) is 0.723. The molecule has 0 atom stereocenters. The molecule has 0 aliphatic carbocycles. The van der Waals surface area contributed by atoms with Gasteiger partial charge < -0.3 is 9.64 Å². The molecule has 3 aromatic rings. The van der Waals surface area contributed by atoms with Gasteiger partial charge in [-0.05, 0) is 56.2 Å². The van der Waals surface area contributed by atoms with Gasteiger partial charge in [-0.25, -0.2) is 0 Å². The average molecular weight is 322 g/mol. The van der Waals surface area contributed by atoms with E-state index in [0.29, 0.717) is 12.0 Å². The van der Waals surface area contributed by atoms with Gasteiger partial charge in [-0.1, -0.05) is 24.3 Å². The first-order valence-corrected chi connectivity index (χ1v) is 8.05. The first-order chi connectivity index (χ1) is 11.6. The van der Waals surface area contributed by atoms with Crippen LogP contribution < -0.4 is 10.3 Å². The Balaban J connectivity index is 2.01. The van der Waals surface area contributed by atoms with E-state index in [-0.39, 0.29) is 5.56 Å². The van der Waals surface area contributed by atoms with E-state index in [1.54, 1.807) is 4.57 Å². The fourth-order valence-corrected chi connectivity index (χ4v) is 2.68. The van der Waals surface area contributed by atoms with E-state index in [4.69, 9.17) is 4.74 Å². The summed E-state index contributed by atoms with van der Waals surface area (Å²) in [5, 5.41) is 1.59. The highest BCUT2D eigenvalue weighted by atomic mass is 16.5. The van der Waals surface area contributed by atoms with E-state index in [1.165, 1.54) is 0 Å². The summed E-state index contributed by atoms with van der Waals surface area (Å²) in [6, 6.07) is 15.5. The molecule has 0 saturated carbocycles. The number of likely N-dealkylation sites (N-methyl/N-ethyl adjacent to an activating group) is 1. The monoisotopic (exact) mass is 322 g/mol. The number of rotatable bonds is 5. The van der Waals surface area contributed by atoms with Crippen LogP contribution in [-0.4, -0.2) is 36.7 Å². The number of benzene rings is 2. The molecule has 0 aliphatic heterocycles. The zero-order chi connectivity index (χ0) is 17.1. The third kappa shape index (κ3) is 3.34. The highest BCUT2D eigenvalue weighted by Crippen LogP contribution is 2.20. The molecule has 0 unspecified atom stereocenters. The van der Waals surface area contributed by atoms with Crippen LogP contribution in [0.1, 0.15) is 5.56 Å². The number of ether oxygens (including phenoxy) is 1. The SMILES string of the molecule is Cc1ccccc1-n1ccc2ccc(OCCN(C)C)cc2c1=O. The minimum absolute atomic E-state index is 0.0279. The number of para-hydroxylation sites is 1. The molecule has 4 nitrogen and oxygen atoms in total. The van der Waals surface area contributed by atoms with E-state index >= 15 is 0 Å². The second-order valence-corrected chi connectivity index (χ2v) is 6.18. The molecule has 0 aliphatic rings. The minimum atomic E-state index is -0.0279. The summed E-state index contributed by atoms with van der Waals surface area (Å²) in [6.45, 7) is 3.43. The van der Waals surface area contributed by atoms with Crippen LogP contribution in [-0.2, 0) is 0 Å². The molecule has 0 saturated heterocycles. The van der Waals surface area contributed by atoms with Gasteiger partial charge in [0.25, 0.3) is 5.56 Å². The molecule has 0 N–H and O–H groups in total. The molecule has 24 heavy (non-hydrogen) atoms. The van der Waals surface area contributed by atoms with Crippen molar-refractivity contribution in [3.05, 3.63) is 70.6 Å². The van der Waals surface area contributed by atoms with Crippen LogP contribution in [0.15, 0.2) is 59.5 Å². The van der Waals surface area contributed by atoms with Crippen molar-refractivity contribution in [2.75, 3.05) is 27.2 Å². The van der Waals surface area contributed by atoms with Crippen molar-refractivity contribution in [2.24, 2.45) is 0 Å². The first kappa shape index (κ1) is 16.3. The van der Waals surface area contributed by atoms with Gasteiger partial charge in [0.1, 0.15) is 12.4 Å². The Morgan fingerprint density at radius 3 is 2.62 bits per heavy atom. The van der Waals surface area contributed by atoms with Crippen LogP contribution in [0.3, 0.4) is 0 Å². The van der Waals surface area contributed by atoms with E-state index in [2.05, 4.69) is 4.90 Å². The molecule has 4 heteroatoms. The number of hydrogen-bond acceptors (Lipinski definition) is 3. The third-order valence-corrected chi connectivity index (χ3v) is 4.06. The van der Waals surface area contributed by atoms with Crippen LogP contribution in [0, 0.1) is 6.92 Å². The number of pyridine rings is 1. The highest BCUT2D eigenvalue weighted by molar-refractivity contribution is 5.83. The van der Waals surface area contributed by atoms with Gasteiger partial charge in [0, 0.05) is 12.7 Å². The second kappa shape index (κ2) is 6.89. The lowest BCUT2D eigenvalue weighted by Gasteiger charge is -2.12. The molecular weight excluding hydrogens is 300 g/mol. The van der Waals surface area contributed by atoms with E-state index in [0.717, 1.165) is 28.9 Å². The Hall–Kier alpha value is -2.59. The molecule has 0 bridgehead atoms. The van der Waals surface area contributed by atoms with Crippen molar-refractivity contribution in [1.82, 2.24) is 9.47 Å². The first-order valence-electron chi connectivity index (χ1n) is 8.05. The topological polar surface area (TPSA) is 34.5 Å². The molecule has 2 aromatic carbocycles. The smallest absolute Gasteiger partial charge is 0.263 e. The normalized spacial score (nSPS) is 11.2. The number of hydrogen-bond donors (Lipinski definition) is 0. The van der Waals surface area contributed by atoms with Crippen molar-refractivity contribution >= 4 is 10.8 Å². The lowest BCUT2D eigenvalue weighted by Crippen LogP contribution is -2.20. The van der Waals surface area contributed by atoms with Crippen molar-refractivity contribution in [3.8, 4) is 11.4 Å². The second-order valence-electron chi connectivity index (χ2n) is 6.18. The zero-order valence-electron chi connectivity index (χ0n) is 14.3. The fraction of sp³-hybridized carbons (Fsp3) is 0.250. The molecule has 124 valence electrons. The molecule has 0 fully saturated rings. The van der Waals surface area contributed by atoms with E-state index in [1.807, 2.05) is 75.7 Å². The van der Waals surface area contributed by atoms with Gasteiger partial charge in [-0.3, -0.25) is 9.36 Å². The molecule has 1 aromatic heterocycles. The Labute approximate surface area is 141 Å². The summed E-state index contributed by atoms with van der Waals surface area (Å²) < 4.78 is 7.46. The lowest BCUT2D eigenvalue weighted by atomic mass is 10.1. The van der Waals surface area contributed by atoms with Crippen molar-refractivity contribution in [1.29, 1.82) is 0 Å². The zero-order valence-corrected chi connectivity index (χ0v) is 14.3. The number of nitrogens with zero attached hydrogens (tertiary/aromatic N) is 2. The average Bonchev–Trinajstić information content (AvgIpc) is 2.56. The Morgan fingerprint density at radius 2 is 1.88 bits per heavy atom. The standard InChI is InChI=1S/C20H22N2O2/c1-15-6-4-5-7-19(15)22-11-10-16-8-9-17(14-18(16)20(22)23)24-13-12-21(2)3/h4-11,14H,12-13H2,1-3H3. The fourth-order valence-electron chi connectivity index (χ4n) is 2.68. The predicted octanol–water partition coefficient (Wildman–Crippen LogP) is 3.24. The van der Waals surface area contributed by atoms with Crippen LogP contribution in [0.25, 0.3) is 16.5 Å². The summed E-state index contributed by atoms with van der Waals surface area (Å²) in [5.41, 5.74) is 1.94. The number of aromatic nitrogens is 1. The maximum absolute atomic E-state index is 12.9. The summed E-state index contributed by atoms with van der Waals surface area (Å²) in [5.74, 6) is 0.726. The third-order valence-electron chi connectivity index (χ3n) is 4.06. The van der Waals surface area contributed by atoms with Gasteiger partial charge in [0.2, 0.25) is 0 Å². The maximum Gasteiger partial charge on any atom is 0.263 e. The van der Waals surface area contributed by atoms with Gasteiger partial charge >= 0.3 is 0 Å².